The van der Waals surface area contributed by atoms with Crippen molar-refractivity contribution < 1.29 is 5.11 Å². The molecule has 0 amide bonds. The molecule has 0 aliphatic carbocycles. The third kappa shape index (κ3) is 6.57. The van der Waals surface area contributed by atoms with E-state index < -0.39 is 0 Å². The minimum Gasteiger partial charge on any atom is -0.393 e. The van der Waals surface area contributed by atoms with Crippen LogP contribution in [0.25, 0.3) is 0 Å². The molecule has 1 aromatic rings. The summed E-state index contributed by atoms with van der Waals surface area (Å²) >= 11 is 0. The van der Waals surface area contributed by atoms with Crippen LogP contribution >= 0.6 is 0 Å². The van der Waals surface area contributed by atoms with E-state index in [2.05, 4.69) is 29.4 Å². The first-order chi connectivity index (χ1) is 9.63. The van der Waals surface area contributed by atoms with E-state index in [1.54, 1.807) is 0 Å². The highest BCUT2D eigenvalue weighted by Crippen LogP contribution is 2.21. The molecular formula is C16H27N3O. The van der Waals surface area contributed by atoms with Gasteiger partial charge < -0.3 is 16.2 Å². The first-order valence-corrected chi connectivity index (χ1v) is 7.40. The molecule has 4 nitrogen and oxygen atoms in total. The van der Waals surface area contributed by atoms with Crippen molar-refractivity contribution in [2.75, 3.05) is 13.1 Å². The van der Waals surface area contributed by atoms with Crippen LogP contribution in [-0.4, -0.2) is 30.3 Å². The van der Waals surface area contributed by atoms with E-state index in [1.165, 1.54) is 5.56 Å². The number of nitrogens with two attached hydrogens (primary N) is 1. The van der Waals surface area contributed by atoms with Gasteiger partial charge in [-0.05, 0) is 25.3 Å². The van der Waals surface area contributed by atoms with Crippen LogP contribution in [0.5, 0.6) is 0 Å². The molecule has 0 bridgehead atoms. The number of unbranched alkanes of at least 4 members (excludes halogenated alkanes) is 1. The van der Waals surface area contributed by atoms with Gasteiger partial charge in [-0.2, -0.15) is 0 Å². The number of aliphatic hydroxyl groups is 1. The van der Waals surface area contributed by atoms with Crippen molar-refractivity contribution in [1.29, 1.82) is 0 Å². The summed E-state index contributed by atoms with van der Waals surface area (Å²) in [6.07, 6.45) is 2.57. The van der Waals surface area contributed by atoms with Crippen molar-refractivity contribution in [2.24, 2.45) is 10.7 Å². The monoisotopic (exact) mass is 277 g/mol. The van der Waals surface area contributed by atoms with Gasteiger partial charge in [-0.25, -0.2) is 0 Å². The second-order valence-corrected chi connectivity index (χ2v) is 5.20. The van der Waals surface area contributed by atoms with E-state index in [9.17, 15) is 5.11 Å². The molecule has 1 rings (SSSR count). The second-order valence-electron chi connectivity index (χ2n) is 5.20. The fourth-order valence-electron chi connectivity index (χ4n) is 2.11. The van der Waals surface area contributed by atoms with Gasteiger partial charge in [-0.1, -0.05) is 43.7 Å². The third-order valence-electron chi connectivity index (χ3n) is 3.22. The molecule has 112 valence electrons. The zero-order valence-electron chi connectivity index (χ0n) is 12.5. The average molecular weight is 277 g/mol. The Morgan fingerprint density at radius 2 is 2.05 bits per heavy atom. The normalized spacial score (nSPS) is 14.8. The van der Waals surface area contributed by atoms with E-state index in [4.69, 9.17) is 5.73 Å². The predicted octanol–water partition coefficient (Wildman–Crippen LogP) is 2.25. The number of rotatable bonds is 8. The number of aliphatic hydroxyl groups excluding tert-OH is 1. The zero-order chi connectivity index (χ0) is 14.8. The van der Waals surface area contributed by atoms with Crippen LogP contribution in [0.2, 0.25) is 0 Å². The highest BCUT2D eigenvalue weighted by molar-refractivity contribution is 5.77. The smallest absolute Gasteiger partial charge is 0.188 e. The van der Waals surface area contributed by atoms with Gasteiger partial charge in [0.2, 0.25) is 0 Å². The highest BCUT2D eigenvalue weighted by Gasteiger charge is 2.13. The molecule has 0 fully saturated rings. The second kappa shape index (κ2) is 9.37. The van der Waals surface area contributed by atoms with E-state index in [1.807, 2.05) is 25.1 Å². The number of hydrogen-bond donors (Lipinski definition) is 3. The van der Waals surface area contributed by atoms with E-state index in [0.717, 1.165) is 19.4 Å². The van der Waals surface area contributed by atoms with Crippen molar-refractivity contribution in [3.05, 3.63) is 35.9 Å². The van der Waals surface area contributed by atoms with Gasteiger partial charge >= 0.3 is 0 Å². The molecule has 0 saturated heterocycles. The Kier molecular flexibility index (Phi) is 7.73. The first kappa shape index (κ1) is 16.5. The Bertz CT molecular complexity index is 390. The Hall–Kier alpha value is -1.55. The van der Waals surface area contributed by atoms with Gasteiger partial charge in [0.15, 0.2) is 5.96 Å². The molecule has 1 aromatic carbocycles. The quantitative estimate of drug-likeness (QED) is 0.388. The van der Waals surface area contributed by atoms with Crippen LogP contribution in [-0.2, 0) is 0 Å². The van der Waals surface area contributed by atoms with Crippen LogP contribution < -0.4 is 11.1 Å². The molecule has 2 atom stereocenters. The molecule has 0 saturated carbocycles. The Morgan fingerprint density at radius 1 is 1.35 bits per heavy atom. The Morgan fingerprint density at radius 3 is 2.65 bits per heavy atom. The lowest BCUT2D eigenvalue weighted by molar-refractivity contribution is 0.175. The van der Waals surface area contributed by atoms with Crippen LogP contribution in [0.15, 0.2) is 35.3 Å². The lowest BCUT2D eigenvalue weighted by Gasteiger charge is -2.17. The molecule has 0 radical (unpaired) electrons. The maximum Gasteiger partial charge on any atom is 0.188 e. The lowest BCUT2D eigenvalue weighted by atomic mass is 9.93. The molecule has 2 unspecified atom stereocenters. The van der Waals surface area contributed by atoms with Gasteiger partial charge in [0.05, 0.1) is 6.10 Å². The van der Waals surface area contributed by atoms with Gasteiger partial charge in [0.25, 0.3) is 0 Å². The molecule has 0 spiro atoms. The summed E-state index contributed by atoms with van der Waals surface area (Å²) in [5.41, 5.74) is 7.04. The third-order valence-corrected chi connectivity index (χ3v) is 3.22. The Labute approximate surface area is 122 Å². The molecular weight excluding hydrogens is 250 g/mol. The SMILES string of the molecule is CCCCNC(N)=NCC(CC(C)O)c1ccccc1. The Balaban J connectivity index is 2.59. The molecule has 0 aromatic heterocycles. The summed E-state index contributed by atoms with van der Waals surface area (Å²) in [6.45, 7) is 5.41. The van der Waals surface area contributed by atoms with E-state index in [0.29, 0.717) is 18.9 Å². The summed E-state index contributed by atoms with van der Waals surface area (Å²) in [7, 11) is 0. The van der Waals surface area contributed by atoms with E-state index >= 15 is 0 Å². The van der Waals surface area contributed by atoms with Crippen molar-refractivity contribution in [3.8, 4) is 0 Å². The van der Waals surface area contributed by atoms with Crippen LogP contribution in [0.3, 0.4) is 0 Å². The standard InChI is InChI=1S/C16H27N3O/c1-3-4-10-18-16(17)19-12-15(11-13(2)20)14-8-6-5-7-9-14/h5-9,13,15,20H,3-4,10-12H2,1-2H3,(H3,17,18,19). The summed E-state index contributed by atoms with van der Waals surface area (Å²) in [6, 6.07) is 10.2. The minimum absolute atomic E-state index is 0.197. The number of nitrogens with zero attached hydrogens (tertiary/aromatic N) is 1. The molecule has 4 N–H and O–H groups in total. The van der Waals surface area contributed by atoms with Gasteiger partial charge in [0.1, 0.15) is 0 Å². The maximum atomic E-state index is 9.63. The van der Waals surface area contributed by atoms with Crippen LogP contribution in [0.4, 0.5) is 0 Å². The highest BCUT2D eigenvalue weighted by atomic mass is 16.3. The average Bonchev–Trinajstić information content (AvgIpc) is 2.44. The van der Waals surface area contributed by atoms with Gasteiger partial charge in [-0.3, -0.25) is 4.99 Å². The van der Waals surface area contributed by atoms with E-state index in [-0.39, 0.29) is 12.0 Å². The maximum absolute atomic E-state index is 9.63. The van der Waals surface area contributed by atoms with Gasteiger partial charge in [-0.15, -0.1) is 0 Å². The fourth-order valence-corrected chi connectivity index (χ4v) is 2.11. The van der Waals surface area contributed by atoms with Gasteiger partial charge in [0, 0.05) is 19.0 Å². The van der Waals surface area contributed by atoms with Crippen molar-refractivity contribution in [1.82, 2.24) is 5.32 Å². The summed E-state index contributed by atoms with van der Waals surface area (Å²) in [5, 5.41) is 12.7. The summed E-state index contributed by atoms with van der Waals surface area (Å²) < 4.78 is 0. The molecule has 0 aliphatic heterocycles. The summed E-state index contributed by atoms with van der Waals surface area (Å²) in [4.78, 5) is 4.40. The number of hydrogen-bond acceptors (Lipinski definition) is 2. The number of guanidine groups is 1. The fraction of sp³-hybridized carbons (Fsp3) is 0.562. The molecule has 4 heteroatoms. The van der Waals surface area contributed by atoms with Crippen molar-refractivity contribution in [3.63, 3.8) is 0 Å². The molecule has 0 aliphatic rings. The number of aliphatic imine (C=N–C) groups is 1. The molecule has 0 heterocycles. The minimum atomic E-state index is -0.343. The largest absolute Gasteiger partial charge is 0.393 e. The van der Waals surface area contributed by atoms with Crippen LogP contribution in [0, 0.1) is 0 Å². The van der Waals surface area contributed by atoms with Crippen molar-refractivity contribution in [2.45, 2.75) is 45.1 Å². The first-order valence-electron chi connectivity index (χ1n) is 7.40. The number of benzene rings is 1. The number of nitrogens with one attached hydrogen (secondary N) is 1. The van der Waals surface area contributed by atoms with Crippen molar-refractivity contribution >= 4 is 5.96 Å². The molecule has 20 heavy (non-hydrogen) atoms. The van der Waals surface area contributed by atoms with Crippen LogP contribution in [0.1, 0.15) is 44.6 Å². The topological polar surface area (TPSA) is 70.6 Å². The predicted molar refractivity (Wildman–Crippen MR) is 84.9 cm³/mol. The lowest BCUT2D eigenvalue weighted by Crippen LogP contribution is -2.33. The zero-order valence-corrected chi connectivity index (χ0v) is 12.5. The summed E-state index contributed by atoms with van der Waals surface area (Å²) in [5.74, 6) is 0.688.